The van der Waals surface area contributed by atoms with Gasteiger partial charge >= 0.3 is 0 Å². The van der Waals surface area contributed by atoms with Crippen LogP contribution in [0.1, 0.15) is 50.5 Å². The number of carbonyl (C=O) groups is 1. The highest BCUT2D eigenvalue weighted by molar-refractivity contribution is 7.89. The van der Waals surface area contributed by atoms with Gasteiger partial charge in [-0.1, -0.05) is 32.9 Å². The van der Waals surface area contributed by atoms with Gasteiger partial charge in [0, 0.05) is 43.9 Å². The molecule has 0 spiro atoms. The van der Waals surface area contributed by atoms with E-state index >= 15 is 0 Å². The van der Waals surface area contributed by atoms with Gasteiger partial charge in [0.25, 0.3) is 11.6 Å². The Hall–Kier alpha value is -2.98. The third-order valence-electron chi connectivity index (χ3n) is 5.79. The molecule has 1 N–H and O–H groups in total. The maximum Gasteiger partial charge on any atom is 0.293 e. The van der Waals surface area contributed by atoms with Crippen LogP contribution in [0.15, 0.2) is 47.4 Å². The number of benzene rings is 2. The van der Waals surface area contributed by atoms with Gasteiger partial charge in [0.15, 0.2) is 0 Å². The normalized spacial score (nSPS) is 15.4. The van der Waals surface area contributed by atoms with Crippen LogP contribution in [-0.4, -0.2) is 55.8 Å². The summed E-state index contributed by atoms with van der Waals surface area (Å²) < 4.78 is 27.7. The molecule has 34 heavy (non-hydrogen) atoms. The summed E-state index contributed by atoms with van der Waals surface area (Å²) in [7, 11) is -3.67. The second kappa shape index (κ2) is 9.71. The molecule has 1 fully saturated rings. The summed E-state index contributed by atoms with van der Waals surface area (Å²) in [6.45, 7) is 10.8. The zero-order chi connectivity index (χ0) is 25.3. The molecular formula is C24H32N4O5S. The standard InChI is InChI=1S/C24H32N4O5S/c1-17(2)25-23(29)18-6-11-21(22(16-18)28(30)31)26-12-14-27(15-13-26)34(32,33)20-9-7-19(8-10-20)24(3,4)5/h6-11,16-17H,12-15H2,1-5H3,(H,25,29). The fourth-order valence-corrected chi connectivity index (χ4v) is 5.29. The third kappa shape index (κ3) is 5.56. The Labute approximate surface area is 201 Å². The number of nitrogens with zero attached hydrogens (tertiary/aromatic N) is 3. The van der Waals surface area contributed by atoms with E-state index in [9.17, 15) is 23.3 Å². The lowest BCUT2D eigenvalue weighted by Gasteiger charge is -2.35. The molecule has 0 aromatic heterocycles. The number of nitro benzene ring substituents is 1. The minimum absolute atomic E-state index is 0.0757. The summed E-state index contributed by atoms with van der Waals surface area (Å²) in [5, 5.41) is 14.4. The number of nitrogens with one attached hydrogen (secondary N) is 1. The molecule has 9 nitrogen and oxygen atoms in total. The number of hydrogen-bond acceptors (Lipinski definition) is 6. The molecule has 0 aliphatic carbocycles. The number of sulfonamides is 1. The maximum atomic E-state index is 13.1. The van der Waals surface area contributed by atoms with Crippen molar-refractivity contribution in [3.8, 4) is 0 Å². The Morgan fingerprint density at radius 1 is 1.03 bits per heavy atom. The number of anilines is 1. The average molecular weight is 489 g/mol. The number of carbonyl (C=O) groups excluding carboxylic acids is 1. The van der Waals surface area contributed by atoms with E-state index in [2.05, 4.69) is 26.1 Å². The van der Waals surface area contributed by atoms with Crippen molar-refractivity contribution in [2.75, 3.05) is 31.1 Å². The van der Waals surface area contributed by atoms with E-state index in [1.165, 1.54) is 10.4 Å². The van der Waals surface area contributed by atoms with Crippen molar-refractivity contribution in [2.24, 2.45) is 0 Å². The van der Waals surface area contributed by atoms with Gasteiger partial charge in [0.2, 0.25) is 10.0 Å². The van der Waals surface area contributed by atoms with Crippen molar-refractivity contribution in [3.05, 3.63) is 63.7 Å². The van der Waals surface area contributed by atoms with Crippen LogP contribution in [0, 0.1) is 10.1 Å². The van der Waals surface area contributed by atoms with Gasteiger partial charge in [-0.3, -0.25) is 14.9 Å². The summed E-state index contributed by atoms with van der Waals surface area (Å²) >= 11 is 0. The lowest BCUT2D eigenvalue weighted by Crippen LogP contribution is -2.48. The number of nitro groups is 1. The van der Waals surface area contributed by atoms with E-state index in [0.29, 0.717) is 18.8 Å². The second-order valence-electron chi connectivity index (χ2n) is 9.75. The molecule has 0 unspecified atom stereocenters. The molecule has 0 radical (unpaired) electrons. The zero-order valence-corrected chi connectivity index (χ0v) is 21.1. The lowest BCUT2D eigenvalue weighted by atomic mass is 9.87. The maximum absolute atomic E-state index is 13.1. The van der Waals surface area contributed by atoms with Crippen molar-refractivity contribution >= 4 is 27.3 Å². The van der Waals surface area contributed by atoms with Crippen LogP contribution in [0.3, 0.4) is 0 Å². The quantitative estimate of drug-likeness (QED) is 0.492. The van der Waals surface area contributed by atoms with E-state index < -0.39 is 14.9 Å². The summed E-state index contributed by atoms with van der Waals surface area (Å²) in [4.78, 5) is 25.5. The predicted molar refractivity (Wildman–Crippen MR) is 132 cm³/mol. The molecule has 184 valence electrons. The Morgan fingerprint density at radius 2 is 1.62 bits per heavy atom. The van der Waals surface area contributed by atoms with E-state index in [0.717, 1.165) is 5.56 Å². The first-order valence-corrected chi connectivity index (χ1v) is 12.7. The smallest absolute Gasteiger partial charge is 0.293 e. The van der Waals surface area contributed by atoms with Crippen LogP contribution in [0.4, 0.5) is 11.4 Å². The second-order valence-corrected chi connectivity index (χ2v) is 11.7. The van der Waals surface area contributed by atoms with E-state index in [1.54, 1.807) is 29.2 Å². The highest BCUT2D eigenvalue weighted by atomic mass is 32.2. The van der Waals surface area contributed by atoms with Gasteiger partial charge in [-0.25, -0.2) is 8.42 Å². The molecule has 1 saturated heterocycles. The molecule has 2 aromatic carbocycles. The lowest BCUT2D eigenvalue weighted by molar-refractivity contribution is -0.384. The molecular weight excluding hydrogens is 456 g/mol. The number of hydrogen-bond donors (Lipinski definition) is 1. The van der Waals surface area contributed by atoms with Crippen molar-refractivity contribution in [1.82, 2.24) is 9.62 Å². The van der Waals surface area contributed by atoms with Gasteiger partial charge in [-0.15, -0.1) is 0 Å². The van der Waals surface area contributed by atoms with Crippen LogP contribution in [0.2, 0.25) is 0 Å². The minimum atomic E-state index is -3.67. The van der Waals surface area contributed by atoms with Crippen LogP contribution in [0.5, 0.6) is 0 Å². The largest absolute Gasteiger partial charge is 0.363 e. The van der Waals surface area contributed by atoms with E-state index in [-0.39, 0.29) is 46.6 Å². The molecule has 3 rings (SSSR count). The molecule has 10 heteroatoms. The first-order chi connectivity index (χ1) is 15.8. The van der Waals surface area contributed by atoms with Gasteiger partial charge in [-0.05, 0) is 49.1 Å². The minimum Gasteiger partial charge on any atom is -0.363 e. The zero-order valence-electron chi connectivity index (χ0n) is 20.2. The van der Waals surface area contributed by atoms with Crippen LogP contribution >= 0.6 is 0 Å². The summed E-state index contributed by atoms with van der Waals surface area (Å²) in [5.74, 6) is -0.377. The monoisotopic (exact) mass is 488 g/mol. The van der Waals surface area contributed by atoms with Crippen molar-refractivity contribution < 1.29 is 18.1 Å². The average Bonchev–Trinajstić information content (AvgIpc) is 2.77. The number of amides is 1. The fraction of sp³-hybridized carbons (Fsp3) is 0.458. The molecule has 1 heterocycles. The summed E-state index contributed by atoms with van der Waals surface area (Å²) in [5.41, 5.74) is 1.38. The number of rotatable bonds is 6. The van der Waals surface area contributed by atoms with Gasteiger partial charge in [0.05, 0.1) is 9.82 Å². The van der Waals surface area contributed by atoms with Crippen molar-refractivity contribution in [1.29, 1.82) is 0 Å². The van der Waals surface area contributed by atoms with Crippen LogP contribution in [0.25, 0.3) is 0 Å². The third-order valence-corrected chi connectivity index (χ3v) is 7.70. The van der Waals surface area contributed by atoms with E-state index in [1.807, 2.05) is 26.0 Å². The Bertz CT molecular complexity index is 1160. The molecule has 1 aliphatic rings. The van der Waals surface area contributed by atoms with Crippen molar-refractivity contribution in [3.63, 3.8) is 0 Å². The van der Waals surface area contributed by atoms with E-state index in [4.69, 9.17) is 0 Å². The summed E-state index contributed by atoms with van der Waals surface area (Å²) in [6, 6.07) is 11.2. The Morgan fingerprint density at radius 3 is 2.12 bits per heavy atom. The molecule has 1 amide bonds. The van der Waals surface area contributed by atoms with Crippen LogP contribution in [-0.2, 0) is 15.4 Å². The molecule has 1 aliphatic heterocycles. The summed E-state index contributed by atoms with van der Waals surface area (Å²) in [6.07, 6.45) is 0. The van der Waals surface area contributed by atoms with Crippen LogP contribution < -0.4 is 10.2 Å². The first-order valence-electron chi connectivity index (χ1n) is 11.3. The SMILES string of the molecule is CC(C)NC(=O)c1ccc(N2CCN(S(=O)(=O)c3ccc(C(C)(C)C)cc3)CC2)c([N+](=O)[O-])c1. The molecule has 0 bridgehead atoms. The van der Waals surface area contributed by atoms with Crippen molar-refractivity contribution in [2.45, 2.75) is 51.0 Å². The fourth-order valence-electron chi connectivity index (χ4n) is 3.87. The van der Waals surface area contributed by atoms with Gasteiger partial charge in [-0.2, -0.15) is 4.31 Å². The highest BCUT2D eigenvalue weighted by Gasteiger charge is 2.31. The Kier molecular flexibility index (Phi) is 7.32. The Balaban J connectivity index is 1.76. The topological polar surface area (TPSA) is 113 Å². The number of piperazine rings is 1. The first kappa shape index (κ1) is 25.6. The highest BCUT2D eigenvalue weighted by Crippen LogP contribution is 2.31. The van der Waals surface area contributed by atoms with Gasteiger partial charge in [0.1, 0.15) is 5.69 Å². The molecule has 0 saturated carbocycles. The predicted octanol–water partition coefficient (Wildman–Crippen LogP) is 3.54. The van der Waals surface area contributed by atoms with Gasteiger partial charge < -0.3 is 10.2 Å². The molecule has 0 atom stereocenters. The molecule has 2 aromatic rings.